The Labute approximate surface area is 207 Å². The van der Waals surface area contributed by atoms with Gasteiger partial charge >= 0.3 is 0 Å². The van der Waals surface area contributed by atoms with Crippen LogP contribution in [0.5, 0.6) is 0 Å². The van der Waals surface area contributed by atoms with E-state index in [2.05, 4.69) is 51.8 Å². The Kier molecular flexibility index (Phi) is 8.70. The average Bonchev–Trinajstić information content (AvgIpc) is 3.26. The number of guanidine groups is 1. The molecule has 0 spiro atoms. The average molecular weight is 553 g/mol. The number of nitrogens with one attached hydrogen (secondary N) is 2. The number of hydrogen-bond acceptors (Lipinski definition) is 4. The van der Waals surface area contributed by atoms with Gasteiger partial charge in [0.05, 0.1) is 0 Å². The Morgan fingerprint density at radius 2 is 2.03 bits per heavy atom. The predicted octanol–water partition coefficient (Wildman–Crippen LogP) is 3.64. The molecular formula is C24H33FIN5O. The van der Waals surface area contributed by atoms with Gasteiger partial charge in [0.2, 0.25) is 0 Å². The molecule has 3 heterocycles. The van der Waals surface area contributed by atoms with Crippen LogP contribution >= 0.6 is 24.0 Å². The van der Waals surface area contributed by atoms with Crippen LogP contribution in [0.2, 0.25) is 0 Å². The molecule has 0 aliphatic carbocycles. The van der Waals surface area contributed by atoms with Crippen LogP contribution in [0.15, 0.2) is 47.6 Å². The van der Waals surface area contributed by atoms with Gasteiger partial charge in [-0.3, -0.25) is 4.99 Å². The van der Waals surface area contributed by atoms with Crippen LogP contribution in [0.3, 0.4) is 0 Å². The molecule has 2 aliphatic rings. The van der Waals surface area contributed by atoms with Crippen LogP contribution in [0, 0.1) is 12.7 Å². The number of aliphatic imine (C=N–C) groups is 1. The minimum Gasteiger partial charge on any atom is -0.381 e. The van der Waals surface area contributed by atoms with E-state index in [9.17, 15) is 4.39 Å². The first-order valence-corrected chi connectivity index (χ1v) is 11.1. The fraction of sp³-hybridized carbons (Fsp3) is 0.500. The molecule has 174 valence electrons. The monoisotopic (exact) mass is 553 g/mol. The van der Waals surface area contributed by atoms with Crippen molar-refractivity contribution in [1.82, 2.24) is 15.6 Å². The summed E-state index contributed by atoms with van der Waals surface area (Å²) in [5.74, 6) is 0.939. The second-order valence-corrected chi connectivity index (χ2v) is 8.52. The van der Waals surface area contributed by atoms with E-state index in [0.717, 1.165) is 51.5 Å². The molecule has 0 bridgehead atoms. The highest BCUT2D eigenvalue weighted by Crippen LogP contribution is 2.36. The Bertz CT molecular complexity index is 919. The molecule has 6 nitrogen and oxygen atoms in total. The third kappa shape index (κ3) is 5.51. The molecule has 1 aromatic heterocycles. The number of rotatable bonds is 5. The van der Waals surface area contributed by atoms with Crippen molar-refractivity contribution >= 4 is 35.8 Å². The first-order valence-electron chi connectivity index (χ1n) is 11.1. The van der Waals surface area contributed by atoms with Gasteiger partial charge < -0.3 is 20.3 Å². The second-order valence-electron chi connectivity index (χ2n) is 8.52. The van der Waals surface area contributed by atoms with Gasteiger partial charge in [-0.15, -0.1) is 24.0 Å². The number of hydrogen-bond donors (Lipinski definition) is 2. The third-order valence-corrected chi connectivity index (χ3v) is 6.55. The van der Waals surface area contributed by atoms with Crippen LogP contribution in [0.25, 0.3) is 0 Å². The zero-order chi connectivity index (χ0) is 21.7. The Morgan fingerprint density at radius 3 is 2.75 bits per heavy atom. The highest BCUT2D eigenvalue weighted by atomic mass is 127. The SMILES string of the molecule is CN=C(NCC1(c2ccccc2C)CCOCC1)NC1CCN(c2ncccc2F)C1.I. The molecule has 2 saturated heterocycles. The normalized spacial score (nSPS) is 20.5. The number of pyridine rings is 1. The lowest BCUT2D eigenvalue weighted by molar-refractivity contribution is 0.0511. The predicted molar refractivity (Wildman–Crippen MR) is 138 cm³/mol. The fourth-order valence-corrected chi connectivity index (χ4v) is 4.79. The molecule has 4 rings (SSSR count). The number of benzene rings is 1. The van der Waals surface area contributed by atoms with E-state index in [-0.39, 0.29) is 41.3 Å². The molecule has 2 fully saturated rings. The van der Waals surface area contributed by atoms with E-state index in [1.165, 1.54) is 17.2 Å². The van der Waals surface area contributed by atoms with Gasteiger partial charge in [-0.05, 0) is 49.4 Å². The van der Waals surface area contributed by atoms with Crippen LogP contribution in [-0.4, -0.2) is 56.9 Å². The second kappa shape index (κ2) is 11.3. The maximum absolute atomic E-state index is 14.1. The highest BCUT2D eigenvalue weighted by molar-refractivity contribution is 14.0. The van der Waals surface area contributed by atoms with Gasteiger partial charge in [0.1, 0.15) is 0 Å². The van der Waals surface area contributed by atoms with Gasteiger partial charge in [0, 0.05) is 57.5 Å². The molecule has 1 atom stereocenters. The zero-order valence-corrected chi connectivity index (χ0v) is 21.1. The van der Waals surface area contributed by atoms with E-state index in [0.29, 0.717) is 12.4 Å². The van der Waals surface area contributed by atoms with Crippen molar-refractivity contribution in [2.45, 2.75) is 37.6 Å². The molecule has 2 N–H and O–H groups in total. The summed E-state index contributed by atoms with van der Waals surface area (Å²) in [5, 5.41) is 7.10. The molecular weight excluding hydrogens is 520 g/mol. The Balaban J connectivity index is 0.00000289. The van der Waals surface area contributed by atoms with Crippen LogP contribution < -0.4 is 15.5 Å². The number of aryl methyl sites for hydroxylation is 1. The number of nitrogens with zero attached hydrogens (tertiary/aromatic N) is 3. The number of aromatic nitrogens is 1. The Hall–Kier alpha value is -1.94. The van der Waals surface area contributed by atoms with Gasteiger partial charge in [0.25, 0.3) is 0 Å². The summed E-state index contributed by atoms with van der Waals surface area (Å²) in [6.45, 7) is 6.00. The molecule has 1 unspecified atom stereocenters. The smallest absolute Gasteiger partial charge is 0.191 e. The topological polar surface area (TPSA) is 61.8 Å². The molecule has 0 radical (unpaired) electrons. The molecule has 0 saturated carbocycles. The molecule has 1 aromatic carbocycles. The fourth-order valence-electron chi connectivity index (χ4n) is 4.79. The minimum atomic E-state index is -0.273. The first kappa shape index (κ1) is 24.7. The summed E-state index contributed by atoms with van der Waals surface area (Å²) in [5.41, 5.74) is 2.73. The summed E-state index contributed by atoms with van der Waals surface area (Å²) >= 11 is 0. The number of anilines is 1. The van der Waals surface area contributed by atoms with Gasteiger partial charge in [-0.25, -0.2) is 9.37 Å². The Morgan fingerprint density at radius 1 is 1.25 bits per heavy atom. The van der Waals surface area contributed by atoms with Crippen molar-refractivity contribution in [2.24, 2.45) is 4.99 Å². The zero-order valence-electron chi connectivity index (χ0n) is 18.8. The summed E-state index contributed by atoms with van der Waals surface area (Å²) in [6, 6.07) is 11.9. The quantitative estimate of drug-likeness (QED) is 0.337. The highest BCUT2D eigenvalue weighted by Gasteiger charge is 2.36. The van der Waals surface area contributed by atoms with Crippen molar-refractivity contribution in [3.63, 3.8) is 0 Å². The molecule has 0 amide bonds. The number of ether oxygens (including phenoxy) is 1. The maximum Gasteiger partial charge on any atom is 0.191 e. The molecule has 8 heteroatoms. The summed E-state index contributed by atoms with van der Waals surface area (Å²) in [4.78, 5) is 10.7. The molecule has 2 aliphatic heterocycles. The lowest BCUT2D eigenvalue weighted by Crippen LogP contribution is -2.50. The summed E-state index contributed by atoms with van der Waals surface area (Å²) in [6.07, 6.45) is 4.52. The van der Waals surface area contributed by atoms with Crippen LogP contribution in [-0.2, 0) is 10.2 Å². The van der Waals surface area contributed by atoms with E-state index < -0.39 is 0 Å². The van der Waals surface area contributed by atoms with Gasteiger partial charge in [-0.1, -0.05) is 24.3 Å². The third-order valence-electron chi connectivity index (χ3n) is 6.55. The van der Waals surface area contributed by atoms with Crippen molar-refractivity contribution in [3.8, 4) is 0 Å². The maximum atomic E-state index is 14.1. The van der Waals surface area contributed by atoms with E-state index >= 15 is 0 Å². The van der Waals surface area contributed by atoms with Crippen LogP contribution in [0.1, 0.15) is 30.4 Å². The van der Waals surface area contributed by atoms with Crippen molar-refractivity contribution in [2.75, 3.05) is 44.8 Å². The lowest BCUT2D eigenvalue weighted by Gasteiger charge is -2.39. The first-order chi connectivity index (χ1) is 15.1. The van der Waals surface area contributed by atoms with Gasteiger partial charge in [0.15, 0.2) is 17.6 Å². The van der Waals surface area contributed by atoms with E-state index in [1.807, 2.05) is 4.90 Å². The van der Waals surface area contributed by atoms with Crippen molar-refractivity contribution in [1.29, 1.82) is 0 Å². The summed E-state index contributed by atoms with van der Waals surface area (Å²) in [7, 11) is 1.80. The van der Waals surface area contributed by atoms with Crippen molar-refractivity contribution in [3.05, 3.63) is 59.5 Å². The molecule has 32 heavy (non-hydrogen) atoms. The van der Waals surface area contributed by atoms with E-state index in [4.69, 9.17) is 4.74 Å². The largest absolute Gasteiger partial charge is 0.381 e. The number of halogens is 2. The standard InChI is InChI=1S/C24H32FN5O.HI/c1-18-6-3-4-7-20(18)24(10-14-31-15-11-24)17-28-23(26-2)29-19-9-13-30(16-19)22-21(25)8-5-12-27-22;/h3-8,12,19H,9-11,13-17H2,1-2H3,(H2,26,28,29);1H. The lowest BCUT2D eigenvalue weighted by atomic mass is 9.72. The minimum absolute atomic E-state index is 0. The van der Waals surface area contributed by atoms with Crippen molar-refractivity contribution < 1.29 is 9.13 Å². The molecule has 2 aromatic rings. The van der Waals surface area contributed by atoms with Crippen LogP contribution in [0.4, 0.5) is 10.2 Å². The van der Waals surface area contributed by atoms with E-state index in [1.54, 1.807) is 19.3 Å². The summed E-state index contributed by atoms with van der Waals surface area (Å²) < 4.78 is 19.8. The van der Waals surface area contributed by atoms with Gasteiger partial charge in [-0.2, -0.15) is 0 Å².